The van der Waals surface area contributed by atoms with E-state index in [-0.39, 0.29) is 0 Å². The van der Waals surface area contributed by atoms with Gasteiger partial charge in [-0.3, -0.25) is 0 Å². The zero-order valence-electron chi connectivity index (χ0n) is 11.8. The molecular weight excluding hydrogens is 226 g/mol. The first-order chi connectivity index (χ1) is 8.76. The minimum absolute atomic E-state index is 0.620. The van der Waals surface area contributed by atoms with Crippen LogP contribution in [0.15, 0.2) is 12.1 Å². The third-order valence-electron chi connectivity index (χ3n) is 3.15. The number of nitrogens with two attached hydrogens (primary N) is 1. The number of rotatable bonds is 8. The summed E-state index contributed by atoms with van der Waals surface area (Å²) >= 11 is 0. The number of benzene rings is 1. The summed E-state index contributed by atoms with van der Waals surface area (Å²) in [7, 11) is 3.43. The van der Waals surface area contributed by atoms with E-state index in [4.69, 9.17) is 15.2 Å². The highest BCUT2D eigenvalue weighted by atomic mass is 16.5. The van der Waals surface area contributed by atoms with Crippen LogP contribution in [0, 0.1) is 0 Å². The van der Waals surface area contributed by atoms with Crippen LogP contribution < -0.4 is 15.2 Å². The smallest absolute Gasteiger partial charge is 0.122 e. The lowest BCUT2D eigenvalue weighted by molar-refractivity contribution is 0.394. The Morgan fingerprint density at radius 1 is 0.944 bits per heavy atom. The van der Waals surface area contributed by atoms with Crippen LogP contribution in [0.5, 0.6) is 11.5 Å². The SMILES string of the molecule is CCCCCc1cc(OC)c(CCN)cc1OC. The molecule has 0 aromatic heterocycles. The van der Waals surface area contributed by atoms with Gasteiger partial charge in [-0.1, -0.05) is 19.8 Å². The molecule has 0 saturated heterocycles. The van der Waals surface area contributed by atoms with E-state index in [1.807, 2.05) is 0 Å². The minimum atomic E-state index is 0.620. The summed E-state index contributed by atoms with van der Waals surface area (Å²) in [5, 5.41) is 0. The number of methoxy groups -OCH3 is 2. The van der Waals surface area contributed by atoms with Crippen LogP contribution in [0.4, 0.5) is 0 Å². The van der Waals surface area contributed by atoms with Crippen molar-refractivity contribution in [2.24, 2.45) is 5.73 Å². The van der Waals surface area contributed by atoms with E-state index < -0.39 is 0 Å². The van der Waals surface area contributed by atoms with Crippen molar-refractivity contribution in [3.63, 3.8) is 0 Å². The monoisotopic (exact) mass is 251 g/mol. The second kappa shape index (κ2) is 7.98. The van der Waals surface area contributed by atoms with Crippen LogP contribution in [-0.2, 0) is 12.8 Å². The summed E-state index contributed by atoms with van der Waals surface area (Å²) in [6, 6.07) is 4.16. The summed E-state index contributed by atoms with van der Waals surface area (Å²) in [4.78, 5) is 0. The van der Waals surface area contributed by atoms with Crippen LogP contribution in [0.25, 0.3) is 0 Å². The summed E-state index contributed by atoms with van der Waals surface area (Å²) in [6.07, 6.45) is 5.51. The van der Waals surface area contributed by atoms with Crippen molar-refractivity contribution in [3.05, 3.63) is 23.3 Å². The Labute approximate surface area is 110 Å². The molecule has 1 rings (SSSR count). The van der Waals surface area contributed by atoms with Crippen molar-refractivity contribution in [2.45, 2.75) is 39.0 Å². The van der Waals surface area contributed by atoms with Gasteiger partial charge in [0, 0.05) is 0 Å². The maximum atomic E-state index is 5.62. The van der Waals surface area contributed by atoms with Crippen molar-refractivity contribution in [1.82, 2.24) is 0 Å². The fourth-order valence-corrected chi connectivity index (χ4v) is 2.14. The average Bonchev–Trinajstić information content (AvgIpc) is 2.40. The van der Waals surface area contributed by atoms with Gasteiger partial charge in [0.1, 0.15) is 11.5 Å². The zero-order chi connectivity index (χ0) is 13.4. The predicted octanol–water partition coefficient (Wildman–Crippen LogP) is 2.94. The van der Waals surface area contributed by atoms with Gasteiger partial charge in [-0.25, -0.2) is 0 Å². The normalized spacial score (nSPS) is 10.4. The number of hydrogen-bond donors (Lipinski definition) is 1. The molecule has 0 saturated carbocycles. The molecule has 3 heteroatoms. The molecule has 0 bridgehead atoms. The minimum Gasteiger partial charge on any atom is -0.496 e. The molecule has 0 aliphatic rings. The summed E-state index contributed by atoms with van der Waals surface area (Å²) in [5.41, 5.74) is 7.96. The van der Waals surface area contributed by atoms with E-state index >= 15 is 0 Å². The molecule has 3 nitrogen and oxygen atoms in total. The lowest BCUT2D eigenvalue weighted by Gasteiger charge is -2.14. The number of aryl methyl sites for hydroxylation is 1. The van der Waals surface area contributed by atoms with Crippen LogP contribution in [0.2, 0.25) is 0 Å². The maximum absolute atomic E-state index is 5.62. The highest BCUT2D eigenvalue weighted by Crippen LogP contribution is 2.30. The van der Waals surface area contributed by atoms with E-state index in [9.17, 15) is 0 Å². The van der Waals surface area contributed by atoms with E-state index in [0.29, 0.717) is 6.54 Å². The third kappa shape index (κ3) is 3.91. The summed E-state index contributed by atoms with van der Waals surface area (Å²) < 4.78 is 10.9. The molecule has 2 N–H and O–H groups in total. The molecule has 0 unspecified atom stereocenters. The Kier molecular flexibility index (Phi) is 6.58. The number of unbranched alkanes of at least 4 members (excludes halogenated alkanes) is 2. The topological polar surface area (TPSA) is 44.5 Å². The molecule has 0 aliphatic carbocycles. The van der Waals surface area contributed by atoms with Gasteiger partial charge in [0.05, 0.1) is 14.2 Å². The van der Waals surface area contributed by atoms with Gasteiger partial charge < -0.3 is 15.2 Å². The molecule has 0 atom stereocenters. The van der Waals surface area contributed by atoms with Gasteiger partial charge in [-0.05, 0) is 49.1 Å². The summed E-state index contributed by atoms with van der Waals surface area (Å²) in [6.45, 7) is 2.83. The molecule has 0 amide bonds. The molecule has 102 valence electrons. The molecule has 0 radical (unpaired) electrons. The van der Waals surface area contributed by atoms with Crippen molar-refractivity contribution in [2.75, 3.05) is 20.8 Å². The fraction of sp³-hybridized carbons (Fsp3) is 0.600. The predicted molar refractivity (Wildman–Crippen MR) is 75.5 cm³/mol. The van der Waals surface area contributed by atoms with Crippen LogP contribution >= 0.6 is 0 Å². The first-order valence-electron chi connectivity index (χ1n) is 6.70. The standard InChI is InChI=1S/C15H25NO2/c1-4-5-6-7-12-10-15(18-3)13(8-9-16)11-14(12)17-2/h10-11H,4-9,16H2,1-3H3. The maximum Gasteiger partial charge on any atom is 0.122 e. The van der Waals surface area contributed by atoms with Gasteiger partial charge in [0.2, 0.25) is 0 Å². The van der Waals surface area contributed by atoms with E-state index in [2.05, 4.69) is 19.1 Å². The Morgan fingerprint density at radius 2 is 1.50 bits per heavy atom. The van der Waals surface area contributed by atoms with Gasteiger partial charge in [0.15, 0.2) is 0 Å². The number of hydrogen-bond acceptors (Lipinski definition) is 3. The third-order valence-corrected chi connectivity index (χ3v) is 3.15. The highest BCUT2D eigenvalue weighted by molar-refractivity contribution is 5.46. The van der Waals surface area contributed by atoms with Crippen molar-refractivity contribution >= 4 is 0 Å². The molecule has 1 aromatic carbocycles. The molecule has 0 spiro atoms. The van der Waals surface area contributed by atoms with Gasteiger partial charge in [-0.2, -0.15) is 0 Å². The molecular formula is C15H25NO2. The zero-order valence-corrected chi connectivity index (χ0v) is 11.8. The lowest BCUT2D eigenvalue weighted by atomic mass is 10.0. The van der Waals surface area contributed by atoms with Crippen LogP contribution in [-0.4, -0.2) is 20.8 Å². The molecule has 0 heterocycles. The van der Waals surface area contributed by atoms with Crippen molar-refractivity contribution in [3.8, 4) is 11.5 Å². The molecule has 1 aromatic rings. The van der Waals surface area contributed by atoms with Gasteiger partial charge in [-0.15, -0.1) is 0 Å². The first kappa shape index (κ1) is 14.8. The van der Waals surface area contributed by atoms with Crippen LogP contribution in [0.1, 0.15) is 37.3 Å². The molecule has 0 fully saturated rings. The fourth-order valence-electron chi connectivity index (χ4n) is 2.14. The largest absolute Gasteiger partial charge is 0.496 e. The Hall–Kier alpha value is -1.22. The van der Waals surface area contributed by atoms with Crippen molar-refractivity contribution in [1.29, 1.82) is 0 Å². The highest BCUT2D eigenvalue weighted by Gasteiger charge is 2.10. The number of ether oxygens (including phenoxy) is 2. The van der Waals surface area contributed by atoms with E-state index in [1.165, 1.54) is 24.8 Å². The summed E-state index contributed by atoms with van der Waals surface area (Å²) in [5.74, 6) is 1.88. The molecule has 18 heavy (non-hydrogen) atoms. The Morgan fingerprint density at radius 3 is 1.94 bits per heavy atom. The first-order valence-corrected chi connectivity index (χ1v) is 6.70. The Balaban J connectivity index is 2.94. The van der Waals surface area contributed by atoms with E-state index in [0.717, 1.165) is 29.9 Å². The van der Waals surface area contributed by atoms with Crippen LogP contribution in [0.3, 0.4) is 0 Å². The van der Waals surface area contributed by atoms with Crippen molar-refractivity contribution < 1.29 is 9.47 Å². The second-order valence-corrected chi connectivity index (χ2v) is 4.47. The average molecular weight is 251 g/mol. The molecule has 0 aliphatic heterocycles. The lowest BCUT2D eigenvalue weighted by Crippen LogP contribution is -2.05. The Bertz CT molecular complexity index is 364. The quantitative estimate of drug-likeness (QED) is 0.722. The second-order valence-electron chi connectivity index (χ2n) is 4.47. The van der Waals surface area contributed by atoms with Gasteiger partial charge >= 0.3 is 0 Å². The van der Waals surface area contributed by atoms with Gasteiger partial charge in [0.25, 0.3) is 0 Å². The van der Waals surface area contributed by atoms with E-state index in [1.54, 1.807) is 14.2 Å².